The normalized spacial score (nSPS) is 32.3. The highest BCUT2D eigenvalue weighted by Gasteiger charge is 2.25. The predicted molar refractivity (Wildman–Crippen MR) is 54.9 cm³/mol. The Morgan fingerprint density at radius 2 is 2.00 bits per heavy atom. The van der Waals surface area contributed by atoms with Crippen molar-refractivity contribution < 1.29 is 0 Å². The van der Waals surface area contributed by atoms with Gasteiger partial charge >= 0.3 is 0 Å². The molecule has 3 heteroatoms. The molecule has 2 aliphatic rings. The lowest BCUT2D eigenvalue weighted by Gasteiger charge is -2.37. The molecule has 0 bridgehead atoms. The Bertz CT molecular complexity index is 168. The van der Waals surface area contributed by atoms with Crippen molar-refractivity contribution in [3.05, 3.63) is 0 Å². The lowest BCUT2D eigenvalue weighted by molar-refractivity contribution is 0.113. The van der Waals surface area contributed by atoms with E-state index in [1.807, 2.05) is 0 Å². The summed E-state index contributed by atoms with van der Waals surface area (Å²) in [4.78, 5) is 4.91. The number of hydrogen-bond acceptors (Lipinski definition) is 3. The molecule has 1 heterocycles. The maximum atomic E-state index is 3.61. The van der Waals surface area contributed by atoms with E-state index < -0.39 is 0 Å². The van der Waals surface area contributed by atoms with Gasteiger partial charge in [0.25, 0.3) is 0 Å². The second kappa shape index (κ2) is 3.95. The first-order valence-electron chi connectivity index (χ1n) is 5.38. The average molecular weight is 183 g/mol. The summed E-state index contributed by atoms with van der Waals surface area (Å²) in [7, 11) is 4.46. The summed E-state index contributed by atoms with van der Waals surface area (Å²) in [5, 5.41) is 3.61. The zero-order valence-corrected chi connectivity index (χ0v) is 8.79. The fraction of sp³-hybridized carbons (Fsp3) is 1.00. The van der Waals surface area contributed by atoms with Crippen LogP contribution >= 0.6 is 0 Å². The molecule has 2 rings (SSSR count). The summed E-state index contributed by atoms with van der Waals surface area (Å²) in [5.74, 6) is 0. The van der Waals surface area contributed by atoms with Gasteiger partial charge in [0.05, 0.1) is 0 Å². The second-order valence-electron chi connectivity index (χ2n) is 4.58. The number of rotatable bonds is 3. The number of likely N-dealkylation sites (N-methyl/N-ethyl adjacent to an activating group) is 2. The first-order valence-corrected chi connectivity index (χ1v) is 5.38. The summed E-state index contributed by atoms with van der Waals surface area (Å²) >= 11 is 0. The van der Waals surface area contributed by atoms with Gasteiger partial charge in [0.2, 0.25) is 0 Å². The average Bonchev–Trinajstić information content (AvgIpc) is 2.90. The van der Waals surface area contributed by atoms with E-state index in [1.54, 1.807) is 0 Å². The van der Waals surface area contributed by atoms with Crippen LogP contribution in [0.3, 0.4) is 0 Å². The van der Waals surface area contributed by atoms with Crippen molar-refractivity contribution in [1.29, 1.82) is 0 Å². The summed E-state index contributed by atoms with van der Waals surface area (Å²) in [6.07, 6.45) is 2.79. The molecule has 1 aliphatic heterocycles. The van der Waals surface area contributed by atoms with E-state index >= 15 is 0 Å². The first kappa shape index (κ1) is 9.44. The Kier molecular flexibility index (Phi) is 2.86. The molecule has 1 saturated heterocycles. The Morgan fingerprint density at radius 3 is 2.69 bits per heavy atom. The van der Waals surface area contributed by atoms with Crippen LogP contribution in [-0.2, 0) is 0 Å². The summed E-state index contributed by atoms with van der Waals surface area (Å²) < 4.78 is 0. The lowest BCUT2D eigenvalue weighted by atomic mass is 10.2. The van der Waals surface area contributed by atoms with Crippen molar-refractivity contribution in [3.63, 3.8) is 0 Å². The summed E-state index contributed by atoms with van der Waals surface area (Å²) in [6, 6.07) is 1.57. The summed E-state index contributed by atoms with van der Waals surface area (Å²) in [6.45, 7) is 4.83. The molecule has 13 heavy (non-hydrogen) atoms. The van der Waals surface area contributed by atoms with Gasteiger partial charge in [-0.15, -0.1) is 0 Å². The molecule has 0 aromatic heterocycles. The van der Waals surface area contributed by atoms with Gasteiger partial charge in [0, 0.05) is 38.3 Å². The topological polar surface area (TPSA) is 18.5 Å². The minimum absolute atomic E-state index is 0.722. The molecule has 0 radical (unpaired) electrons. The van der Waals surface area contributed by atoms with Crippen LogP contribution in [0.15, 0.2) is 0 Å². The van der Waals surface area contributed by atoms with Crippen LogP contribution in [0, 0.1) is 0 Å². The zero-order valence-electron chi connectivity index (χ0n) is 8.79. The highest BCUT2D eigenvalue weighted by molar-refractivity contribution is 4.86. The maximum absolute atomic E-state index is 3.61. The van der Waals surface area contributed by atoms with Gasteiger partial charge in [-0.05, 0) is 26.9 Å². The molecular formula is C10H21N3. The van der Waals surface area contributed by atoms with E-state index in [0.29, 0.717) is 0 Å². The van der Waals surface area contributed by atoms with Crippen molar-refractivity contribution in [2.45, 2.75) is 24.9 Å². The monoisotopic (exact) mass is 183 g/mol. The Labute approximate surface area is 81.1 Å². The molecule has 1 atom stereocenters. The molecule has 0 aromatic rings. The van der Waals surface area contributed by atoms with E-state index in [4.69, 9.17) is 0 Å². The quantitative estimate of drug-likeness (QED) is 0.663. The Morgan fingerprint density at radius 1 is 1.23 bits per heavy atom. The van der Waals surface area contributed by atoms with Crippen LogP contribution in [0.1, 0.15) is 12.8 Å². The van der Waals surface area contributed by atoms with Gasteiger partial charge in [-0.1, -0.05) is 0 Å². The predicted octanol–water partition coefficient (Wildman–Crippen LogP) is -0.0158. The molecule has 2 fully saturated rings. The molecule has 0 aromatic carbocycles. The van der Waals surface area contributed by atoms with Crippen molar-refractivity contribution in [3.8, 4) is 0 Å². The zero-order chi connectivity index (χ0) is 9.26. The van der Waals surface area contributed by atoms with Crippen molar-refractivity contribution >= 4 is 0 Å². The van der Waals surface area contributed by atoms with E-state index in [0.717, 1.165) is 12.1 Å². The minimum Gasteiger partial charge on any atom is -0.312 e. The number of nitrogens with one attached hydrogen (secondary N) is 1. The molecule has 1 N–H and O–H groups in total. The van der Waals surface area contributed by atoms with E-state index in [-0.39, 0.29) is 0 Å². The molecule has 1 unspecified atom stereocenters. The van der Waals surface area contributed by atoms with Crippen LogP contribution in [0.25, 0.3) is 0 Å². The molecule has 76 valence electrons. The van der Waals surface area contributed by atoms with Crippen LogP contribution in [0.5, 0.6) is 0 Å². The molecule has 1 aliphatic carbocycles. The fourth-order valence-electron chi connectivity index (χ4n) is 1.91. The third-order valence-electron chi connectivity index (χ3n) is 3.20. The van der Waals surface area contributed by atoms with Crippen LogP contribution in [-0.4, -0.2) is 62.2 Å². The van der Waals surface area contributed by atoms with Crippen molar-refractivity contribution in [2.75, 3.05) is 40.3 Å². The van der Waals surface area contributed by atoms with Gasteiger partial charge < -0.3 is 10.2 Å². The van der Waals surface area contributed by atoms with Crippen molar-refractivity contribution in [2.24, 2.45) is 0 Å². The molecule has 1 saturated carbocycles. The van der Waals surface area contributed by atoms with Gasteiger partial charge in [-0.25, -0.2) is 0 Å². The van der Waals surface area contributed by atoms with E-state index in [9.17, 15) is 0 Å². The summed E-state index contributed by atoms with van der Waals surface area (Å²) in [5.41, 5.74) is 0. The molecular weight excluding hydrogens is 162 g/mol. The van der Waals surface area contributed by atoms with Crippen LogP contribution in [0.4, 0.5) is 0 Å². The third-order valence-corrected chi connectivity index (χ3v) is 3.20. The maximum Gasteiger partial charge on any atom is 0.0345 e. The standard InChI is InChI=1S/C10H21N3/c1-12-5-6-13(2)10(8-12)7-11-9-3-4-9/h9-11H,3-8H2,1-2H3. The van der Waals surface area contributed by atoms with Crippen LogP contribution < -0.4 is 5.32 Å². The van der Waals surface area contributed by atoms with Gasteiger partial charge in [0.1, 0.15) is 0 Å². The Balaban J connectivity index is 1.73. The van der Waals surface area contributed by atoms with Crippen molar-refractivity contribution in [1.82, 2.24) is 15.1 Å². The molecule has 0 spiro atoms. The Hall–Kier alpha value is -0.120. The lowest BCUT2D eigenvalue weighted by Crippen LogP contribution is -2.53. The second-order valence-corrected chi connectivity index (χ2v) is 4.58. The largest absolute Gasteiger partial charge is 0.312 e. The molecule has 0 amide bonds. The molecule has 3 nitrogen and oxygen atoms in total. The number of nitrogens with zero attached hydrogens (tertiary/aromatic N) is 2. The highest BCUT2D eigenvalue weighted by atomic mass is 15.3. The van der Waals surface area contributed by atoms with Gasteiger partial charge in [0.15, 0.2) is 0 Å². The fourth-order valence-corrected chi connectivity index (χ4v) is 1.91. The third kappa shape index (κ3) is 2.66. The number of hydrogen-bond donors (Lipinski definition) is 1. The highest BCUT2D eigenvalue weighted by Crippen LogP contribution is 2.18. The van der Waals surface area contributed by atoms with Gasteiger partial charge in [-0.3, -0.25) is 4.90 Å². The first-order chi connectivity index (χ1) is 6.25. The van der Waals surface area contributed by atoms with Crippen LogP contribution in [0.2, 0.25) is 0 Å². The van der Waals surface area contributed by atoms with E-state index in [1.165, 1.54) is 39.0 Å². The minimum atomic E-state index is 0.722. The SMILES string of the molecule is CN1CCN(C)C(CNC2CC2)C1. The van der Waals surface area contributed by atoms with E-state index in [2.05, 4.69) is 29.2 Å². The smallest absolute Gasteiger partial charge is 0.0345 e. The van der Waals surface area contributed by atoms with Gasteiger partial charge in [-0.2, -0.15) is 0 Å². The number of piperazine rings is 1.